The molecular weight excluding hydrogens is 258 g/mol. The lowest BCUT2D eigenvalue weighted by Gasteiger charge is -2.29. The normalized spacial score (nSPS) is 17.2. The number of aromatic nitrogens is 3. The van der Waals surface area contributed by atoms with Crippen molar-refractivity contribution in [3.05, 3.63) is 0 Å². The van der Waals surface area contributed by atoms with Crippen molar-refractivity contribution in [1.29, 1.82) is 0 Å². The molecular formula is C12H23N7O. The molecule has 1 fully saturated rings. The molecule has 2 rings (SSSR count). The molecule has 0 amide bonds. The van der Waals surface area contributed by atoms with Gasteiger partial charge in [0.25, 0.3) is 0 Å². The van der Waals surface area contributed by atoms with E-state index in [0.717, 1.165) is 25.9 Å². The summed E-state index contributed by atoms with van der Waals surface area (Å²) in [6, 6.07) is 0.643. The van der Waals surface area contributed by atoms with Crippen LogP contribution < -0.4 is 21.3 Å². The van der Waals surface area contributed by atoms with Crippen molar-refractivity contribution in [2.24, 2.45) is 5.84 Å². The van der Waals surface area contributed by atoms with E-state index in [1.54, 1.807) is 0 Å². The fraction of sp³-hybridized carbons (Fsp3) is 0.750. The molecule has 0 aromatic carbocycles. The monoisotopic (exact) mass is 281 g/mol. The second-order valence-corrected chi connectivity index (χ2v) is 5.30. The van der Waals surface area contributed by atoms with Gasteiger partial charge in [-0.1, -0.05) is 0 Å². The first-order valence-corrected chi connectivity index (χ1v) is 6.91. The molecule has 0 atom stereocenters. The van der Waals surface area contributed by atoms with Gasteiger partial charge in [0.05, 0.1) is 6.10 Å². The second-order valence-electron chi connectivity index (χ2n) is 5.30. The summed E-state index contributed by atoms with van der Waals surface area (Å²) in [5, 5.41) is 3.33. The highest BCUT2D eigenvalue weighted by Crippen LogP contribution is 2.16. The second kappa shape index (κ2) is 6.67. The molecule has 4 N–H and O–H groups in total. The van der Waals surface area contributed by atoms with Crippen molar-refractivity contribution in [3.63, 3.8) is 0 Å². The smallest absolute Gasteiger partial charge is 0.323 e. The van der Waals surface area contributed by atoms with Crippen LogP contribution in [-0.4, -0.2) is 52.1 Å². The van der Waals surface area contributed by atoms with Crippen LogP contribution in [0.5, 0.6) is 6.01 Å². The Labute approximate surface area is 119 Å². The third kappa shape index (κ3) is 4.17. The zero-order chi connectivity index (χ0) is 14.5. The Morgan fingerprint density at radius 2 is 1.85 bits per heavy atom. The van der Waals surface area contributed by atoms with Crippen LogP contribution in [0.3, 0.4) is 0 Å². The van der Waals surface area contributed by atoms with Crippen molar-refractivity contribution >= 4 is 11.9 Å². The summed E-state index contributed by atoms with van der Waals surface area (Å²) in [4.78, 5) is 14.9. The van der Waals surface area contributed by atoms with E-state index >= 15 is 0 Å². The van der Waals surface area contributed by atoms with Gasteiger partial charge in [0.1, 0.15) is 0 Å². The van der Waals surface area contributed by atoms with E-state index in [2.05, 4.69) is 37.6 Å². The Hall–Kier alpha value is -1.67. The zero-order valence-electron chi connectivity index (χ0n) is 12.3. The Morgan fingerprint density at radius 3 is 2.45 bits per heavy atom. The van der Waals surface area contributed by atoms with Gasteiger partial charge < -0.3 is 15.0 Å². The van der Waals surface area contributed by atoms with Gasteiger partial charge in [0.2, 0.25) is 11.9 Å². The van der Waals surface area contributed by atoms with Crippen molar-refractivity contribution in [3.8, 4) is 6.01 Å². The zero-order valence-corrected chi connectivity index (χ0v) is 12.3. The van der Waals surface area contributed by atoms with Gasteiger partial charge in [-0.25, -0.2) is 5.84 Å². The van der Waals surface area contributed by atoms with Crippen molar-refractivity contribution in [2.75, 3.05) is 30.9 Å². The van der Waals surface area contributed by atoms with E-state index in [1.165, 1.54) is 0 Å². The van der Waals surface area contributed by atoms with Crippen molar-refractivity contribution in [2.45, 2.75) is 38.8 Å². The Kier molecular flexibility index (Phi) is 4.91. The van der Waals surface area contributed by atoms with Gasteiger partial charge in [-0.05, 0) is 46.8 Å². The minimum atomic E-state index is -0.000736. The van der Waals surface area contributed by atoms with Crippen molar-refractivity contribution in [1.82, 2.24) is 19.9 Å². The van der Waals surface area contributed by atoms with Gasteiger partial charge in [0.15, 0.2) is 0 Å². The Bertz CT molecular complexity index is 432. The summed E-state index contributed by atoms with van der Waals surface area (Å²) < 4.78 is 5.50. The predicted molar refractivity (Wildman–Crippen MR) is 77.5 cm³/mol. The number of hydrazine groups is 1. The van der Waals surface area contributed by atoms with Gasteiger partial charge in [-0.15, -0.1) is 0 Å². The fourth-order valence-corrected chi connectivity index (χ4v) is 2.08. The van der Waals surface area contributed by atoms with Crippen LogP contribution in [0.15, 0.2) is 0 Å². The van der Waals surface area contributed by atoms with Gasteiger partial charge in [-0.3, -0.25) is 5.43 Å². The summed E-state index contributed by atoms with van der Waals surface area (Å²) in [6.07, 6.45) is 2.13. The third-order valence-electron chi connectivity index (χ3n) is 3.14. The first kappa shape index (κ1) is 14.7. The van der Waals surface area contributed by atoms with Crippen LogP contribution in [0.2, 0.25) is 0 Å². The summed E-state index contributed by atoms with van der Waals surface area (Å²) >= 11 is 0. The molecule has 20 heavy (non-hydrogen) atoms. The predicted octanol–water partition coefficient (Wildman–Crippen LogP) is 0.451. The number of hydrogen-bond acceptors (Lipinski definition) is 8. The van der Waals surface area contributed by atoms with Crippen LogP contribution >= 0.6 is 0 Å². The minimum absolute atomic E-state index is 0.000736. The molecule has 0 unspecified atom stereocenters. The first-order valence-electron chi connectivity index (χ1n) is 6.91. The number of anilines is 2. The highest BCUT2D eigenvalue weighted by Gasteiger charge is 2.18. The van der Waals surface area contributed by atoms with E-state index in [0.29, 0.717) is 17.9 Å². The van der Waals surface area contributed by atoms with Gasteiger partial charge in [0, 0.05) is 6.04 Å². The third-order valence-corrected chi connectivity index (χ3v) is 3.14. The summed E-state index contributed by atoms with van der Waals surface area (Å²) in [7, 11) is 2.13. The molecule has 1 aromatic rings. The summed E-state index contributed by atoms with van der Waals surface area (Å²) in [5.41, 5.74) is 2.43. The SMILES string of the molecule is CC(C)Oc1nc(NN)nc(NC2CCN(C)CC2)n1. The summed E-state index contributed by atoms with van der Waals surface area (Å²) in [6.45, 7) is 5.98. The van der Waals surface area contributed by atoms with E-state index in [9.17, 15) is 0 Å². The lowest BCUT2D eigenvalue weighted by Crippen LogP contribution is -2.37. The number of nitrogens with zero attached hydrogens (tertiary/aromatic N) is 4. The number of hydrogen-bond donors (Lipinski definition) is 3. The minimum Gasteiger partial charge on any atom is -0.461 e. The number of rotatable bonds is 5. The van der Waals surface area contributed by atoms with E-state index < -0.39 is 0 Å². The number of nitrogens with one attached hydrogen (secondary N) is 2. The molecule has 0 radical (unpaired) electrons. The number of nitrogens with two attached hydrogens (primary N) is 1. The molecule has 0 bridgehead atoms. The average molecular weight is 281 g/mol. The quantitative estimate of drug-likeness (QED) is 0.528. The number of piperidine rings is 1. The van der Waals surface area contributed by atoms with Gasteiger partial charge in [-0.2, -0.15) is 15.0 Å². The van der Waals surface area contributed by atoms with E-state index in [1.807, 2.05) is 13.8 Å². The molecule has 1 aliphatic heterocycles. The molecule has 1 aromatic heterocycles. The molecule has 0 spiro atoms. The molecule has 112 valence electrons. The number of nitrogen functional groups attached to an aromatic ring is 1. The van der Waals surface area contributed by atoms with Crippen LogP contribution in [0, 0.1) is 0 Å². The summed E-state index contributed by atoms with van der Waals surface area (Å²) in [5.74, 6) is 6.17. The Balaban J connectivity index is 2.06. The molecule has 2 heterocycles. The number of ether oxygens (including phenoxy) is 1. The van der Waals surface area contributed by atoms with Crippen molar-refractivity contribution < 1.29 is 4.74 Å². The molecule has 8 nitrogen and oxygen atoms in total. The van der Waals surface area contributed by atoms with Crippen LogP contribution in [-0.2, 0) is 0 Å². The molecule has 1 saturated heterocycles. The van der Waals surface area contributed by atoms with Crippen LogP contribution in [0.4, 0.5) is 11.9 Å². The van der Waals surface area contributed by atoms with Gasteiger partial charge >= 0.3 is 6.01 Å². The molecule has 1 aliphatic rings. The van der Waals surface area contributed by atoms with E-state index in [4.69, 9.17) is 10.6 Å². The highest BCUT2D eigenvalue weighted by molar-refractivity contribution is 5.35. The lowest BCUT2D eigenvalue weighted by molar-refractivity contribution is 0.222. The van der Waals surface area contributed by atoms with E-state index in [-0.39, 0.29) is 12.1 Å². The topological polar surface area (TPSA) is 101 Å². The number of likely N-dealkylation sites (tertiary alicyclic amines) is 1. The molecule has 8 heteroatoms. The first-order chi connectivity index (χ1) is 9.56. The Morgan fingerprint density at radius 1 is 1.20 bits per heavy atom. The highest BCUT2D eigenvalue weighted by atomic mass is 16.5. The van der Waals surface area contributed by atoms with Crippen LogP contribution in [0.1, 0.15) is 26.7 Å². The maximum Gasteiger partial charge on any atom is 0.323 e. The maximum atomic E-state index is 5.50. The fourth-order valence-electron chi connectivity index (χ4n) is 2.08. The van der Waals surface area contributed by atoms with Crippen LogP contribution in [0.25, 0.3) is 0 Å². The largest absolute Gasteiger partial charge is 0.461 e. The molecule has 0 saturated carbocycles. The lowest BCUT2D eigenvalue weighted by atomic mass is 10.1. The molecule has 0 aliphatic carbocycles. The standard InChI is InChI=1S/C12H23N7O/c1-8(2)20-12-16-10(15-11(17-12)18-13)14-9-4-6-19(3)7-5-9/h8-9H,4-7,13H2,1-3H3,(H2,14,15,16,17,18). The average Bonchev–Trinajstić information content (AvgIpc) is 2.40. The maximum absolute atomic E-state index is 5.50.